The third kappa shape index (κ3) is 5.94. The van der Waals surface area contributed by atoms with Crippen molar-refractivity contribution in [3.63, 3.8) is 0 Å². The van der Waals surface area contributed by atoms with Gasteiger partial charge in [0.25, 0.3) is 0 Å². The monoisotopic (exact) mass is 300 g/mol. The van der Waals surface area contributed by atoms with Crippen molar-refractivity contribution in [1.29, 1.82) is 0 Å². The van der Waals surface area contributed by atoms with Gasteiger partial charge in [-0.15, -0.1) is 0 Å². The van der Waals surface area contributed by atoms with Crippen LogP contribution < -0.4 is 5.32 Å². The Balaban J connectivity index is 1.60. The fourth-order valence-electron chi connectivity index (χ4n) is 3.03. The maximum absolute atomic E-state index is 11.2. The SMILES string of the molecule is CS(=O)(=O)CCN1CCC(NC[C@H]2CC=CCC2)CC1. The van der Waals surface area contributed by atoms with E-state index in [1.54, 1.807) is 0 Å². The number of hydrogen-bond donors (Lipinski definition) is 1. The van der Waals surface area contributed by atoms with E-state index in [2.05, 4.69) is 22.4 Å². The van der Waals surface area contributed by atoms with Crippen LogP contribution in [0.5, 0.6) is 0 Å². The molecule has 0 aromatic carbocycles. The van der Waals surface area contributed by atoms with E-state index >= 15 is 0 Å². The predicted molar refractivity (Wildman–Crippen MR) is 83.7 cm³/mol. The molecule has 1 heterocycles. The van der Waals surface area contributed by atoms with E-state index in [9.17, 15) is 8.42 Å². The molecule has 5 heteroatoms. The Bertz CT molecular complexity index is 412. The number of piperidine rings is 1. The summed E-state index contributed by atoms with van der Waals surface area (Å²) in [5, 5.41) is 3.71. The van der Waals surface area contributed by atoms with Crippen molar-refractivity contribution in [3.8, 4) is 0 Å². The molecular formula is C15H28N2O2S. The van der Waals surface area contributed by atoms with Crippen molar-refractivity contribution in [2.45, 2.75) is 38.1 Å². The zero-order valence-corrected chi connectivity index (χ0v) is 13.4. The molecule has 1 saturated heterocycles. The summed E-state index contributed by atoms with van der Waals surface area (Å²) < 4.78 is 22.3. The Labute approximate surface area is 123 Å². The number of nitrogens with zero attached hydrogens (tertiary/aromatic N) is 1. The Hall–Kier alpha value is -0.390. The molecule has 0 bridgehead atoms. The number of nitrogens with one attached hydrogen (secondary N) is 1. The fraction of sp³-hybridized carbons (Fsp3) is 0.867. The quantitative estimate of drug-likeness (QED) is 0.754. The van der Waals surface area contributed by atoms with Crippen molar-refractivity contribution in [3.05, 3.63) is 12.2 Å². The van der Waals surface area contributed by atoms with Crippen LogP contribution in [0.15, 0.2) is 12.2 Å². The van der Waals surface area contributed by atoms with E-state index in [0.29, 0.717) is 18.3 Å². The lowest BCUT2D eigenvalue weighted by Gasteiger charge is -2.33. The molecule has 0 aromatic rings. The van der Waals surface area contributed by atoms with Crippen LogP contribution in [0.3, 0.4) is 0 Å². The molecule has 1 aliphatic carbocycles. The lowest BCUT2D eigenvalue weighted by molar-refractivity contribution is 0.203. The Morgan fingerprint density at radius 1 is 1.20 bits per heavy atom. The van der Waals surface area contributed by atoms with E-state index in [1.165, 1.54) is 25.5 Å². The molecule has 0 saturated carbocycles. The first-order valence-electron chi connectivity index (χ1n) is 7.81. The summed E-state index contributed by atoms with van der Waals surface area (Å²) in [6.45, 7) is 3.88. The van der Waals surface area contributed by atoms with Gasteiger partial charge >= 0.3 is 0 Å². The third-order valence-electron chi connectivity index (χ3n) is 4.44. The Kier molecular flexibility index (Phi) is 6.05. The molecule has 0 amide bonds. The molecule has 0 radical (unpaired) electrons. The van der Waals surface area contributed by atoms with E-state index in [0.717, 1.165) is 38.4 Å². The number of rotatable bonds is 6. The summed E-state index contributed by atoms with van der Waals surface area (Å²) in [7, 11) is -2.83. The number of allylic oxidation sites excluding steroid dienone is 2. The van der Waals surface area contributed by atoms with Gasteiger partial charge in [-0.2, -0.15) is 0 Å². The minimum absolute atomic E-state index is 0.291. The summed E-state index contributed by atoms with van der Waals surface area (Å²) in [6, 6.07) is 0.621. The second-order valence-electron chi connectivity index (χ2n) is 6.30. The highest BCUT2D eigenvalue weighted by Gasteiger charge is 2.20. The lowest BCUT2D eigenvalue weighted by atomic mass is 9.93. The van der Waals surface area contributed by atoms with Gasteiger partial charge in [0, 0.05) is 18.8 Å². The van der Waals surface area contributed by atoms with Gasteiger partial charge in [-0.05, 0) is 57.7 Å². The van der Waals surface area contributed by atoms with Crippen LogP contribution in [0.25, 0.3) is 0 Å². The molecule has 20 heavy (non-hydrogen) atoms. The van der Waals surface area contributed by atoms with Crippen molar-refractivity contribution in [1.82, 2.24) is 10.2 Å². The molecule has 1 N–H and O–H groups in total. The highest BCUT2D eigenvalue weighted by Crippen LogP contribution is 2.18. The van der Waals surface area contributed by atoms with Crippen LogP contribution in [-0.2, 0) is 9.84 Å². The van der Waals surface area contributed by atoms with E-state index in [4.69, 9.17) is 0 Å². The van der Waals surface area contributed by atoms with Crippen LogP contribution >= 0.6 is 0 Å². The number of likely N-dealkylation sites (tertiary alicyclic amines) is 1. The average molecular weight is 300 g/mol. The normalized spacial score (nSPS) is 25.9. The van der Waals surface area contributed by atoms with Crippen LogP contribution in [-0.4, -0.2) is 57.5 Å². The maximum Gasteiger partial charge on any atom is 0.148 e. The summed E-state index contributed by atoms with van der Waals surface area (Å²) in [4.78, 5) is 2.28. The standard InChI is InChI=1S/C15H28N2O2S/c1-20(18,19)12-11-17-9-7-15(8-10-17)16-13-14-5-3-2-4-6-14/h2-3,14-16H,4-13H2,1H3/t14-/m0/s1. The fourth-order valence-corrected chi connectivity index (χ4v) is 3.62. The van der Waals surface area contributed by atoms with Crippen LogP contribution in [0.1, 0.15) is 32.1 Å². The minimum Gasteiger partial charge on any atom is -0.314 e. The zero-order valence-electron chi connectivity index (χ0n) is 12.6. The molecule has 0 unspecified atom stereocenters. The zero-order chi connectivity index (χ0) is 14.4. The highest BCUT2D eigenvalue weighted by atomic mass is 32.2. The first kappa shape index (κ1) is 16.0. The summed E-state index contributed by atoms with van der Waals surface area (Å²) in [5.74, 6) is 1.10. The molecule has 1 aliphatic heterocycles. The van der Waals surface area contributed by atoms with Crippen LogP contribution in [0.2, 0.25) is 0 Å². The second kappa shape index (κ2) is 7.57. The molecule has 2 rings (SSSR count). The Morgan fingerprint density at radius 2 is 1.95 bits per heavy atom. The van der Waals surface area contributed by atoms with Crippen molar-refractivity contribution in [2.24, 2.45) is 5.92 Å². The van der Waals surface area contributed by atoms with E-state index in [1.807, 2.05) is 0 Å². The van der Waals surface area contributed by atoms with Gasteiger partial charge < -0.3 is 10.2 Å². The van der Waals surface area contributed by atoms with Gasteiger partial charge in [-0.3, -0.25) is 0 Å². The first-order chi connectivity index (χ1) is 9.53. The van der Waals surface area contributed by atoms with Gasteiger partial charge in [-0.1, -0.05) is 12.2 Å². The molecular weight excluding hydrogens is 272 g/mol. The summed E-state index contributed by atoms with van der Waals surface area (Å²) in [5.41, 5.74) is 0. The molecule has 1 atom stereocenters. The number of hydrogen-bond acceptors (Lipinski definition) is 4. The summed E-state index contributed by atoms with van der Waals surface area (Å²) in [6.07, 6.45) is 12.0. The van der Waals surface area contributed by atoms with E-state index < -0.39 is 9.84 Å². The molecule has 1 fully saturated rings. The number of sulfone groups is 1. The van der Waals surface area contributed by atoms with Crippen LogP contribution in [0.4, 0.5) is 0 Å². The molecule has 0 aromatic heterocycles. The predicted octanol–water partition coefficient (Wildman–Crippen LogP) is 1.44. The average Bonchev–Trinajstić information content (AvgIpc) is 2.44. The Morgan fingerprint density at radius 3 is 2.55 bits per heavy atom. The largest absolute Gasteiger partial charge is 0.314 e. The topological polar surface area (TPSA) is 49.4 Å². The molecule has 0 spiro atoms. The van der Waals surface area contributed by atoms with Gasteiger partial charge in [0.05, 0.1) is 5.75 Å². The van der Waals surface area contributed by atoms with Gasteiger partial charge in [0.2, 0.25) is 0 Å². The second-order valence-corrected chi connectivity index (χ2v) is 8.56. The summed E-state index contributed by atoms with van der Waals surface area (Å²) >= 11 is 0. The molecule has 2 aliphatic rings. The van der Waals surface area contributed by atoms with Crippen molar-refractivity contribution >= 4 is 9.84 Å². The van der Waals surface area contributed by atoms with Gasteiger partial charge in [0.1, 0.15) is 9.84 Å². The van der Waals surface area contributed by atoms with Crippen molar-refractivity contribution in [2.75, 3.05) is 38.2 Å². The molecule has 4 nitrogen and oxygen atoms in total. The minimum atomic E-state index is -2.83. The first-order valence-corrected chi connectivity index (χ1v) is 9.87. The molecule has 116 valence electrons. The smallest absolute Gasteiger partial charge is 0.148 e. The van der Waals surface area contributed by atoms with Crippen LogP contribution in [0, 0.1) is 5.92 Å². The van der Waals surface area contributed by atoms with Gasteiger partial charge in [0.15, 0.2) is 0 Å². The maximum atomic E-state index is 11.2. The van der Waals surface area contributed by atoms with Crippen molar-refractivity contribution < 1.29 is 8.42 Å². The highest BCUT2D eigenvalue weighted by molar-refractivity contribution is 7.90. The van der Waals surface area contributed by atoms with E-state index in [-0.39, 0.29) is 0 Å². The lowest BCUT2D eigenvalue weighted by Crippen LogP contribution is -2.45. The van der Waals surface area contributed by atoms with Gasteiger partial charge in [-0.25, -0.2) is 8.42 Å². The third-order valence-corrected chi connectivity index (χ3v) is 5.36.